The van der Waals surface area contributed by atoms with Crippen LogP contribution in [0.25, 0.3) is 21.9 Å². The molecule has 1 aromatic carbocycles. The number of pyridine rings is 1. The third-order valence-corrected chi connectivity index (χ3v) is 5.80. The molecule has 0 amide bonds. The molecular weight excluding hydrogens is 440 g/mol. The Morgan fingerprint density at radius 3 is 2.70 bits per heavy atom. The quantitative estimate of drug-likeness (QED) is 0.325. The van der Waals surface area contributed by atoms with Crippen LogP contribution in [0.3, 0.4) is 0 Å². The van der Waals surface area contributed by atoms with Gasteiger partial charge < -0.3 is 19.5 Å². The van der Waals surface area contributed by atoms with Crippen molar-refractivity contribution in [2.75, 3.05) is 0 Å². The van der Waals surface area contributed by atoms with Gasteiger partial charge in [0.25, 0.3) is 0 Å². The zero-order valence-electron chi connectivity index (χ0n) is 19.1. The molecule has 0 aliphatic carbocycles. The summed E-state index contributed by atoms with van der Waals surface area (Å²) in [5.74, 6) is -1.50. The van der Waals surface area contributed by atoms with E-state index in [2.05, 4.69) is 50.7 Å². The van der Waals surface area contributed by atoms with Crippen LogP contribution in [0.2, 0.25) is 5.15 Å². The molecule has 0 radical (unpaired) electrons. The van der Waals surface area contributed by atoms with Gasteiger partial charge in [0.05, 0.1) is 17.0 Å². The van der Waals surface area contributed by atoms with Crippen LogP contribution in [0.1, 0.15) is 50.5 Å². The molecule has 0 saturated carbocycles. The van der Waals surface area contributed by atoms with Crippen molar-refractivity contribution < 1.29 is 14.9 Å². The topological polar surface area (TPSA) is 93.3 Å². The van der Waals surface area contributed by atoms with Crippen LogP contribution in [-0.2, 0) is 11.2 Å². The van der Waals surface area contributed by atoms with Crippen LogP contribution < -0.4 is 0 Å². The minimum atomic E-state index is -1.50. The van der Waals surface area contributed by atoms with E-state index < -0.39 is 5.79 Å². The number of halogens is 1. The molecule has 33 heavy (non-hydrogen) atoms. The fourth-order valence-corrected chi connectivity index (χ4v) is 4.23. The number of ether oxygens (including phenoxy) is 1. The van der Waals surface area contributed by atoms with E-state index in [1.807, 2.05) is 18.5 Å². The number of hydrogen-bond acceptors (Lipinski definition) is 6. The van der Waals surface area contributed by atoms with Crippen LogP contribution >= 0.6 is 11.6 Å². The maximum Gasteiger partial charge on any atom is 0.156 e. The maximum absolute atomic E-state index is 8.08. The second kappa shape index (κ2) is 9.73. The summed E-state index contributed by atoms with van der Waals surface area (Å²) in [5.41, 5.74) is 4.39. The van der Waals surface area contributed by atoms with E-state index in [4.69, 9.17) is 26.6 Å². The van der Waals surface area contributed by atoms with E-state index in [1.54, 1.807) is 0 Å². The average molecular weight is 469 g/mol. The number of aryl methyl sites for hydroxylation is 2. The van der Waals surface area contributed by atoms with Gasteiger partial charge in [-0.25, -0.2) is 9.97 Å². The maximum atomic E-state index is 8.08. The number of aromatic nitrogens is 4. The molecule has 0 bridgehead atoms. The highest BCUT2D eigenvalue weighted by molar-refractivity contribution is 6.33. The molecule has 2 atom stereocenters. The lowest BCUT2D eigenvalue weighted by Gasteiger charge is -2.16. The zero-order chi connectivity index (χ0) is 23.6. The summed E-state index contributed by atoms with van der Waals surface area (Å²) >= 11 is 6.16. The van der Waals surface area contributed by atoms with Gasteiger partial charge >= 0.3 is 0 Å². The van der Waals surface area contributed by atoms with Crippen molar-refractivity contribution >= 4 is 33.5 Å². The molecule has 1 saturated heterocycles. The summed E-state index contributed by atoms with van der Waals surface area (Å²) in [6.45, 7) is 4.67. The minimum Gasteiger partial charge on any atom is -0.366 e. The largest absolute Gasteiger partial charge is 0.366 e. The first-order valence-corrected chi connectivity index (χ1v) is 11.5. The molecule has 7 nitrogen and oxygen atoms in total. The van der Waals surface area contributed by atoms with E-state index in [-0.39, 0.29) is 12.3 Å². The highest BCUT2D eigenvalue weighted by atomic mass is 35.5. The Hall–Kier alpha value is -2.58. The Morgan fingerprint density at radius 1 is 1.12 bits per heavy atom. The van der Waals surface area contributed by atoms with Gasteiger partial charge in [-0.3, -0.25) is 4.98 Å². The summed E-state index contributed by atoms with van der Waals surface area (Å²) in [6.07, 6.45) is 9.71. The number of hydrogen-bond donors (Lipinski definition) is 2. The van der Waals surface area contributed by atoms with Gasteiger partial charge in [-0.05, 0) is 75.8 Å². The van der Waals surface area contributed by atoms with Gasteiger partial charge in [-0.2, -0.15) is 0 Å². The van der Waals surface area contributed by atoms with E-state index in [1.165, 1.54) is 36.7 Å². The molecule has 2 N–H and O–H groups in total. The van der Waals surface area contributed by atoms with Crippen LogP contribution in [0, 0.1) is 6.92 Å². The Kier molecular flexibility index (Phi) is 6.95. The first-order valence-electron chi connectivity index (χ1n) is 11.1. The smallest absolute Gasteiger partial charge is 0.156 e. The molecule has 4 heterocycles. The number of benzene rings is 1. The summed E-state index contributed by atoms with van der Waals surface area (Å²) in [7, 11) is 0. The molecule has 5 rings (SSSR count). The Balaban J connectivity index is 0.000000471. The monoisotopic (exact) mass is 468 g/mol. The Bertz CT molecular complexity index is 1250. The van der Waals surface area contributed by atoms with Crippen molar-refractivity contribution in [3.63, 3.8) is 0 Å². The Labute approximate surface area is 198 Å². The van der Waals surface area contributed by atoms with Gasteiger partial charge in [0.2, 0.25) is 0 Å². The summed E-state index contributed by atoms with van der Waals surface area (Å²) < 4.78 is 8.40. The molecule has 8 heteroatoms. The van der Waals surface area contributed by atoms with Gasteiger partial charge in [-0.15, -0.1) is 0 Å². The second-order valence-electron chi connectivity index (χ2n) is 8.99. The van der Waals surface area contributed by atoms with Crippen molar-refractivity contribution in [2.24, 2.45) is 0 Å². The van der Waals surface area contributed by atoms with E-state index >= 15 is 0 Å². The van der Waals surface area contributed by atoms with Crippen molar-refractivity contribution in [2.45, 2.75) is 64.6 Å². The fraction of sp³-hybridized carbons (Fsp3) is 0.400. The number of aliphatic hydroxyl groups is 2. The molecule has 1 fully saturated rings. The molecule has 2 unspecified atom stereocenters. The fourth-order valence-electron chi connectivity index (χ4n) is 4.04. The molecule has 1 aliphatic heterocycles. The predicted molar refractivity (Wildman–Crippen MR) is 129 cm³/mol. The number of rotatable bonds is 4. The lowest BCUT2D eigenvalue weighted by molar-refractivity contribution is -0.127. The first-order chi connectivity index (χ1) is 15.7. The third-order valence-electron chi connectivity index (χ3n) is 5.50. The van der Waals surface area contributed by atoms with Crippen molar-refractivity contribution in [1.82, 2.24) is 19.5 Å². The molecule has 4 aromatic rings. The standard InChI is InChI=1S/C22H21ClN4O.C3H8O2/c1-14-10-16-4-2-15(11-19(16)24-12-14)3-5-17-6-7-20(28-17)27-9-8-18-21(23)25-13-26-22(18)27;1-3(2,4)5/h2,4,8-13,17,20H,3,5-7H2,1H3;4-5H,1-2H3. The normalized spacial score (nSPS) is 18.5. The molecule has 1 aliphatic rings. The van der Waals surface area contributed by atoms with Crippen molar-refractivity contribution in [3.05, 3.63) is 65.3 Å². The third kappa shape index (κ3) is 6.06. The van der Waals surface area contributed by atoms with Crippen LogP contribution in [0.4, 0.5) is 0 Å². The molecule has 0 spiro atoms. The Morgan fingerprint density at radius 2 is 1.91 bits per heavy atom. The van der Waals surface area contributed by atoms with Gasteiger partial charge in [0.1, 0.15) is 23.4 Å². The number of nitrogens with zero attached hydrogens (tertiary/aromatic N) is 4. The first kappa shape index (κ1) is 23.6. The zero-order valence-corrected chi connectivity index (χ0v) is 19.8. The number of fused-ring (bicyclic) bond motifs is 2. The van der Waals surface area contributed by atoms with Crippen molar-refractivity contribution in [1.29, 1.82) is 0 Å². The molecule has 174 valence electrons. The summed E-state index contributed by atoms with van der Waals surface area (Å²) in [6, 6.07) is 10.7. The van der Waals surface area contributed by atoms with E-state index in [0.29, 0.717) is 5.15 Å². The van der Waals surface area contributed by atoms with Gasteiger partial charge in [0, 0.05) is 17.8 Å². The summed E-state index contributed by atoms with van der Waals surface area (Å²) in [5, 5.41) is 18.7. The predicted octanol–water partition coefficient (Wildman–Crippen LogP) is 4.96. The van der Waals surface area contributed by atoms with E-state index in [0.717, 1.165) is 42.2 Å². The molecule has 3 aromatic heterocycles. The lowest BCUT2D eigenvalue weighted by Crippen LogP contribution is -2.15. The van der Waals surface area contributed by atoms with Gasteiger partial charge in [-0.1, -0.05) is 23.7 Å². The minimum absolute atomic E-state index is 0.00899. The van der Waals surface area contributed by atoms with Crippen molar-refractivity contribution in [3.8, 4) is 0 Å². The van der Waals surface area contributed by atoms with Crippen LogP contribution in [0.5, 0.6) is 0 Å². The second-order valence-corrected chi connectivity index (χ2v) is 9.35. The molecular formula is C25H29ClN4O3. The average Bonchev–Trinajstić information content (AvgIpc) is 3.38. The van der Waals surface area contributed by atoms with Gasteiger partial charge in [0.15, 0.2) is 5.79 Å². The highest BCUT2D eigenvalue weighted by Gasteiger charge is 2.27. The van der Waals surface area contributed by atoms with E-state index in [9.17, 15) is 0 Å². The highest BCUT2D eigenvalue weighted by Crippen LogP contribution is 2.34. The lowest BCUT2D eigenvalue weighted by atomic mass is 10.0. The summed E-state index contributed by atoms with van der Waals surface area (Å²) in [4.78, 5) is 13.0. The van der Waals surface area contributed by atoms with Crippen LogP contribution in [-0.4, -0.2) is 41.6 Å². The van der Waals surface area contributed by atoms with Crippen LogP contribution in [0.15, 0.2) is 49.1 Å². The SMILES string of the molecule is CC(C)(O)O.Cc1cnc2cc(CCC3CCC(n4ccc5c(Cl)ncnc54)O3)ccc2c1.